The second kappa shape index (κ2) is 6.47. The van der Waals surface area contributed by atoms with E-state index < -0.39 is 12.7 Å². The Hall–Kier alpha value is -0.260. The fourth-order valence-electron chi connectivity index (χ4n) is 2.31. The van der Waals surface area contributed by atoms with Crippen LogP contribution < -0.4 is 5.32 Å². The summed E-state index contributed by atoms with van der Waals surface area (Å²) in [5.74, 6) is 0. The summed E-state index contributed by atoms with van der Waals surface area (Å²) < 4.78 is 35.9. The van der Waals surface area contributed by atoms with Crippen LogP contribution in [0.5, 0.6) is 0 Å². The molecule has 0 aromatic carbocycles. The summed E-state index contributed by atoms with van der Waals surface area (Å²) >= 11 is 0. The van der Waals surface area contributed by atoms with Crippen molar-refractivity contribution in [1.29, 1.82) is 0 Å². The van der Waals surface area contributed by atoms with Gasteiger partial charge in [-0.15, -0.1) is 0 Å². The Balaban J connectivity index is 2.59. The van der Waals surface area contributed by atoms with Gasteiger partial charge in [-0.2, -0.15) is 0 Å². The predicted molar refractivity (Wildman–Crippen MR) is 57.6 cm³/mol. The van der Waals surface area contributed by atoms with Crippen LogP contribution in [-0.4, -0.2) is 40.0 Å². The first-order chi connectivity index (χ1) is 7.62. The van der Waals surface area contributed by atoms with Crippen molar-refractivity contribution in [3.05, 3.63) is 0 Å². The summed E-state index contributed by atoms with van der Waals surface area (Å²) in [4.78, 5) is 0. The molecule has 0 bridgehead atoms. The molecule has 1 heterocycles. The summed E-state index contributed by atoms with van der Waals surface area (Å²) in [7, 11) is 2.66. The van der Waals surface area contributed by atoms with E-state index in [1.807, 2.05) is 0 Å². The average Bonchev–Trinajstić information content (AvgIpc) is 2.29. The standard InChI is InChI=1S/C11H21F2NO2/c1-15-9(12)6-11(7-10(13)16-2)4-3-5-14-8-11/h9-10,14H,3-8H2,1-2H3/t9-,10-/m1/s1. The lowest BCUT2D eigenvalue weighted by atomic mass is 9.75. The Bertz CT molecular complexity index is 184. The molecule has 1 saturated heterocycles. The molecule has 1 aliphatic rings. The van der Waals surface area contributed by atoms with Crippen molar-refractivity contribution >= 4 is 0 Å². The quantitative estimate of drug-likeness (QED) is 0.766. The number of alkyl halides is 2. The molecule has 0 unspecified atom stereocenters. The zero-order valence-corrected chi connectivity index (χ0v) is 9.97. The molecule has 1 aliphatic heterocycles. The molecule has 5 heteroatoms. The summed E-state index contributed by atoms with van der Waals surface area (Å²) in [6.07, 6.45) is -0.464. The highest BCUT2D eigenvalue weighted by Gasteiger charge is 2.37. The topological polar surface area (TPSA) is 30.5 Å². The van der Waals surface area contributed by atoms with Crippen molar-refractivity contribution in [2.45, 2.75) is 38.4 Å². The Morgan fingerprint density at radius 3 is 2.12 bits per heavy atom. The molecule has 1 rings (SSSR count). The second-order valence-corrected chi connectivity index (χ2v) is 4.48. The van der Waals surface area contributed by atoms with Crippen LogP contribution in [0, 0.1) is 5.41 Å². The number of methoxy groups -OCH3 is 2. The van der Waals surface area contributed by atoms with E-state index >= 15 is 0 Å². The van der Waals surface area contributed by atoms with E-state index in [-0.39, 0.29) is 18.3 Å². The summed E-state index contributed by atoms with van der Waals surface area (Å²) in [6, 6.07) is 0. The molecule has 0 radical (unpaired) electrons. The van der Waals surface area contributed by atoms with Gasteiger partial charge in [0, 0.05) is 33.6 Å². The maximum absolute atomic E-state index is 13.3. The number of halogens is 2. The van der Waals surface area contributed by atoms with Crippen molar-refractivity contribution in [1.82, 2.24) is 5.32 Å². The number of ether oxygens (including phenoxy) is 2. The summed E-state index contributed by atoms with van der Waals surface area (Å²) in [5, 5.41) is 3.19. The molecule has 16 heavy (non-hydrogen) atoms. The van der Waals surface area contributed by atoms with Crippen LogP contribution in [0.3, 0.4) is 0 Å². The fraction of sp³-hybridized carbons (Fsp3) is 1.00. The van der Waals surface area contributed by atoms with Gasteiger partial charge in [-0.1, -0.05) is 0 Å². The molecular weight excluding hydrogens is 216 g/mol. The Morgan fingerprint density at radius 2 is 1.75 bits per heavy atom. The van der Waals surface area contributed by atoms with E-state index in [1.54, 1.807) is 0 Å². The molecule has 3 nitrogen and oxygen atoms in total. The van der Waals surface area contributed by atoms with Crippen molar-refractivity contribution in [2.24, 2.45) is 5.41 Å². The van der Waals surface area contributed by atoms with Gasteiger partial charge in [-0.3, -0.25) is 0 Å². The molecule has 0 spiro atoms. The molecule has 0 aliphatic carbocycles. The molecule has 0 aromatic rings. The lowest BCUT2D eigenvalue weighted by Gasteiger charge is -2.39. The van der Waals surface area contributed by atoms with Crippen molar-refractivity contribution in [3.8, 4) is 0 Å². The molecular formula is C11H21F2NO2. The van der Waals surface area contributed by atoms with Gasteiger partial charge in [0.1, 0.15) is 0 Å². The fourth-order valence-corrected chi connectivity index (χ4v) is 2.31. The van der Waals surface area contributed by atoms with Gasteiger partial charge >= 0.3 is 0 Å². The molecule has 0 aromatic heterocycles. The minimum Gasteiger partial charge on any atom is -0.351 e. The van der Waals surface area contributed by atoms with Crippen LogP contribution in [0.2, 0.25) is 0 Å². The number of nitrogens with one attached hydrogen (secondary N) is 1. The predicted octanol–water partition coefficient (Wildman–Crippen LogP) is 2.02. The largest absolute Gasteiger partial charge is 0.351 e. The van der Waals surface area contributed by atoms with Crippen LogP contribution in [0.1, 0.15) is 25.7 Å². The van der Waals surface area contributed by atoms with Gasteiger partial charge in [-0.25, -0.2) is 8.78 Å². The Labute approximate surface area is 95.5 Å². The number of piperidine rings is 1. The van der Waals surface area contributed by atoms with E-state index in [1.165, 1.54) is 14.2 Å². The lowest BCUT2D eigenvalue weighted by Crippen LogP contribution is -2.43. The van der Waals surface area contributed by atoms with E-state index in [4.69, 9.17) is 0 Å². The van der Waals surface area contributed by atoms with Gasteiger partial charge in [0.25, 0.3) is 0 Å². The van der Waals surface area contributed by atoms with E-state index in [0.29, 0.717) is 6.54 Å². The van der Waals surface area contributed by atoms with E-state index in [0.717, 1.165) is 19.4 Å². The molecule has 2 atom stereocenters. The monoisotopic (exact) mass is 237 g/mol. The second-order valence-electron chi connectivity index (χ2n) is 4.48. The molecule has 0 saturated carbocycles. The first kappa shape index (κ1) is 13.8. The lowest BCUT2D eigenvalue weighted by molar-refractivity contribution is -0.0841. The van der Waals surface area contributed by atoms with Gasteiger partial charge in [0.2, 0.25) is 0 Å². The van der Waals surface area contributed by atoms with Gasteiger partial charge in [0.15, 0.2) is 12.7 Å². The van der Waals surface area contributed by atoms with Gasteiger partial charge < -0.3 is 14.8 Å². The first-order valence-electron chi connectivity index (χ1n) is 5.66. The normalized spacial score (nSPS) is 24.0. The maximum atomic E-state index is 13.3. The van der Waals surface area contributed by atoms with Crippen LogP contribution in [0.4, 0.5) is 8.78 Å². The molecule has 1 fully saturated rings. The van der Waals surface area contributed by atoms with Crippen molar-refractivity contribution in [3.63, 3.8) is 0 Å². The van der Waals surface area contributed by atoms with Crippen molar-refractivity contribution < 1.29 is 18.3 Å². The Kier molecular flexibility index (Phi) is 5.58. The van der Waals surface area contributed by atoms with Crippen LogP contribution in [-0.2, 0) is 9.47 Å². The van der Waals surface area contributed by atoms with Crippen molar-refractivity contribution in [2.75, 3.05) is 27.3 Å². The molecule has 0 amide bonds. The Morgan fingerprint density at radius 1 is 1.19 bits per heavy atom. The highest BCUT2D eigenvalue weighted by molar-refractivity contribution is 4.87. The van der Waals surface area contributed by atoms with Crippen LogP contribution in [0.15, 0.2) is 0 Å². The number of hydrogen-bond acceptors (Lipinski definition) is 3. The minimum absolute atomic E-state index is 0.223. The summed E-state index contributed by atoms with van der Waals surface area (Å²) in [5.41, 5.74) is -0.386. The zero-order valence-electron chi connectivity index (χ0n) is 9.97. The van der Waals surface area contributed by atoms with Crippen LogP contribution >= 0.6 is 0 Å². The molecule has 96 valence electrons. The smallest absolute Gasteiger partial charge is 0.199 e. The molecule has 1 N–H and O–H groups in total. The van der Waals surface area contributed by atoms with E-state index in [9.17, 15) is 8.78 Å². The summed E-state index contributed by atoms with van der Waals surface area (Å²) in [6.45, 7) is 1.54. The zero-order chi connectivity index (χ0) is 12.0. The minimum atomic E-state index is -1.33. The van der Waals surface area contributed by atoms with Gasteiger partial charge in [0.05, 0.1) is 0 Å². The maximum Gasteiger partial charge on any atom is 0.199 e. The third-order valence-corrected chi connectivity index (χ3v) is 3.26. The number of rotatable bonds is 6. The van der Waals surface area contributed by atoms with E-state index in [2.05, 4.69) is 14.8 Å². The number of hydrogen-bond donors (Lipinski definition) is 1. The first-order valence-corrected chi connectivity index (χ1v) is 5.66. The average molecular weight is 237 g/mol. The third-order valence-electron chi connectivity index (χ3n) is 3.26. The highest BCUT2D eigenvalue weighted by Crippen LogP contribution is 2.38. The SMILES string of the molecule is CO[C@@H](F)CC1(C[C@H](F)OC)CCCNC1. The van der Waals surface area contributed by atoms with Crippen LogP contribution in [0.25, 0.3) is 0 Å². The third kappa shape index (κ3) is 3.96. The van der Waals surface area contributed by atoms with Gasteiger partial charge in [-0.05, 0) is 24.8 Å². The highest BCUT2D eigenvalue weighted by atomic mass is 19.1.